The number of aromatic hydroxyl groups is 1. The van der Waals surface area contributed by atoms with Crippen molar-refractivity contribution in [2.24, 2.45) is 0 Å². The zero-order valence-electron chi connectivity index (χ0n) is 11.8. The maximum atomic E-state index is 11.3. The van der Waals surface area contributed by atoms with Crippen LogP contribution in [0.2, 0.25) is 0 Å². The molecule has 0 aliphatic carbocycles. The number of hydrogen-bond donors (Lipinski definition) is 3. The smallest absolute Gasteiger partial charge is 0.354 e. The Morgan fingerprint density at radius 2 is 2.05 bits per heavy atom. The second-order valence-corrected chi connectivity index (χ2v) is 4.70. The first-order valence-electron chi connectivity index (χ1n) is 6.31. The van der Waals surface area contributed by atoms with Crippen molar-refractivity contribution in [1.29, 1.82) is 0 Å². The number of benzene rings is 1. The molecule has 0 amide bonds. The summed E-state index contributed by atoms with van der Waals surface area (Å²) in [5.41, 5.74) is 4.06. The molecule has 0 saturated carbocycles. The lowest BCUT2D eigenvalue weighted by Crippen LogP contribution is -2.04. The highest BCUT2D eigenvalue weighted by atomic mass is 16.5. The zero-order valence-corrected chi connectivity index (χ0v) is 11.8. The molecule has 20 heavy (non-hydrogen) atoms. The van der Waals surface area contributed by atoms with Gasteiger partial charge in [0, 0.05) is 11.4 Å². The maximum Gasteiger partial charge on any atom is 0.354 e. The Hall–Kier alpha value is -2.43. The van der Waals surface area contributed by atoms with Crippen molar-refractivity contribution in [2.75, 3.05) is 12.4 Å². The van der Waals surface area contributed by atoms with Crippen LogP contribution in [0.25, 0.3) is 0 Å². The van der Waals surface area contributed by atoms with Crippen molar-refractivity contribution in [3.63, 3.8) is 0 Å². The summed E-state index contributed by atoms with van der Waals surface area (Å²) < 4.78 is 4.64. The standard InChI is InChI=1S/C15H18N2O3/c1-9-7-14(18)10(2)6-13(9)16-8-11-4-5-12(17-11)15(19)20-3/h4-7,16-18H,8H2,1-3H3. The van der Waals surface area contributed by atoms with Gasteiger partial charge >= 0.3 is 5.97 Å². The first kappa shape index (κ1) is 14.0. The van der Waals surface area contributed by atoms with Crippen molar-refractivity contribution in [2.45, 2.75) is 20.4 Å². The zero-order chi connectivity index (χ0) is 14.7. The molecular formula is C15H18N2O3. The summed E-state index contributed by atoms with van der Waals surface area (Å²) in [6.07, 6.45) is 0. The van der Waals surface area contributed by atoms with E-state index in [1.165, 1.54) is 7.11 Å². The molecular weight excluding hydrogens is 256 g/mol. The molecule has 1 heterocycles. The third-order valence-corrected chi connectivity index (χ3v) is 3.16. The van der Waals surface area contributed by atoms with E-state index in [2.05, 4.69) is 15.0 Å². The van der Waals surface area contributed by atoms with Gasteiger partial charge in [-0.3, -0.25) is 0 Å². The topological polar surface area (TPSA) is 74.3 Å². The predicted molar refractivity (Wildman–Crippen MR) is 77.0 cm³/mol. The lowest BCUT2D eigenvalue weighted by molar-refractivity contribution is 0.0594. The molecule has 3 N–H and O–H groups in total. The Kier molecular flexibility index (Phi) is 3.98. The van der Waals surface area contributed by atoms with E-state index in [-0.39, 0.29) is 5.97 Å². The minimum Gasteiger partial charge on any atom is -0.508 e. The number of esters is 1. The fraction of sp³-hybridized carbons (Fsp3) is 0.267. The summed E-state index contributed by atoms with van der Waals surface area (Å²) in [7, 11) is 1.35. The third-order valence-electron chi connectivity index (χ3n) is 3.16. The molecule has 0 unspecified atom stereocenters. The highest BCUT2D eigenvalue weighted by Crippen LogP contribution is 2.25. The molecule has 0 aliphatic rings. The van der Waals surface area contributed by atoms with E-state index in [0.717, 1.165) is 22.5 Å². The van der Waals surface area contributed by atoms with Gasteiger partial charge in [-0.15, -0.1) is 0 Å². The summed E-state index contributed by atoms with van der Waals surface area (Å²) in [5.74, 6) is -0.0891. The number of nitrogens with one attached hydrogen (secondary N) is 2. The fourth-order valence-electron chi connectivity index (χ4n) is 1.95. The third kappa shape index (κ3) is 2.93. The van der Waals surface area contributed by atoms with E-state index in [4.69, 9.17) is 0 Å². The molecule has 1 aromatic carbocycles. The summed E-state index contributed by atoms with van der Waals surface area (Å²) in [6, 6.07) is 7.15. The van der Waals surface area contributed by atoms with Gasteiger partial charge in [0.15, 0.2) is 0 Å². The van der Waals surface area contributed by atoms with E-state index < -0.39 is 0 Å². The number of aromatic nitrogens is 1. The second-order valence-electron chi connectivity index (χ2n) is 4.70. The predicted octanol–water partition coefficient (Wildman–Crippen LogP) is 2.74. The molecule has 0 fully saturated rings. The lowest BCUT2D eigenvalue weighted by atomic mass is 10.1. The van der Waals surface area contributed by atoms with Crippen molar-refractivity contribution in [1.82, 2.24) is 4.98 Å². The molecule has 0 atom stereocenters. The Labute approximate surface area is 117 Å². The van der Waals surface area contributed by atoms with Crippen LogP contribution >= 0.6 is 0 Å². The summed E-state index contributed by atoms with van der Waals surface area (Å²) in [6.45, 7) is 4.34. The first-order valence-corrected chi connectivity index (χ1v) is 6.31. The summed E-state index contributed by atoms with van der Waals surface area (Å²) in [5, 5.41) is 12.9. The molecule has 2 aromatic rings. The van der Waals surface area contributed by atoms with Crippen LogP contribution in [-0.2, 0) is 11.3 Å². The van der Waals surface area contributed by atoms with Crippen LogP contribution in [-0.4, -0.2) is 23.2 Å². The fourth-order valence-corrected chi connectivity index (χ4v) is 1.95. The van der Waals surface area contributed by atoms with E-state index in [0.29, 0.717) is 18.0 Å². The normalized spacial score (nSPS) is 10.3. The Bertz CT molecular complexity index is 632. The summed E-state index contributed by atoms with van der Waals surface area (Å²) in [4.78, 5) is 14.3. The van der Waals surface area contributed by atoms with E-state index in [1.54, 1.807) is 12.1 Å². The van der Waals surface area contributed by atoms with Crippen molar-refractivity contribution in [3.8, 4) is 5.75 Å². The highest BCUT2D eigenvalue weighted by molar-refractivity contribution is 5.87. The molecule has 0 spiro atoms. The van der Waals surface area contributed by atoms with Crippen LogP contribution in [0.3, 0.4) is 0 Å². The number of methoxy groups -OCH3 is 1. The lowest BCUT2D eigenvalue weighted by Gasteiger charge is -2.11. The Morgan fingerprint density at radius 3 is 2.75 bits per heavy atom. The number of H-pyrrole nitrogens is 1. The van der Waals surface area contributed by atoms with E-state index in [9.17, 15) is 9.90 Å². The van der Waals surface area contributed by atoms with Gasteiger partial charge in [-0.25, -0.2) is 4.79 Å². The number of anilines is 1. The van der Waals surface area contributed by atoms with Gasteiger partial charge in [-0.2, -0.15) is 0 Å². The first-order chi connectivity index (χ1) is 9.51. The number of phenolic OH excluding ortho intramolecular Hbond substituents is 1. The van der Waals surface area contributed by atoms with Gasteiger partial charge in [0.1, 0.15) is 11.4 Å². The van der Waals surface area contributed by atoms with Gasteiger partial charge in [-0.05, 0) is 49.2 Å². The van der Waals surface area contributed by atoms with Crippen LogP contribution in [0.15, 0.2) is 24.3 Å². The van der Waals surface area contributed by atoms with Crippen molar-refractivity contribution >= 4 is 11.7 Å². The number of rotatable bonds is 4. The average Bonchev–Trinajstić information content (AvgIpc) is 2.89. The minimum absolute atomic E-state index is 0.293. The molecule has 5 nitrogen and oxygen atoms in total. The minimum atomic E-state index is -0.382. The number of carbonyl (C=O) groups is 1. The number of aromatic amines is 1. The van der Waals surface area contributed by atoms with Gasteiger partial charge in [0.25, 0.3) is 0 Å². The monoisotopic (exact) mass is 274 g/mol. The largest absolute Gasteiger partial charge is 0.508 e. The summed E-state index contributed by atoms with van der Waals surface area (Å²) >= 11 is 0. The van der Waals surface area contributed by atoms with E-state index >= 15 is 0 Å². The Balaban J connectivity index is 2.07. The van der Waals surface area contributed by atoms with Gasteiger partial charge < -0.3 is 20.1 Å². The van der Waals surface area contributed by atoms with Gasteiger partial charge in [0.05, 0.1) is 13.7 Å². The Morgan fingerprint density at radius 1 is 1.30 bits per heavy atom. The van der Waals surface area contributed by atoms with Crippen molar-refractivity contribution < 1.29 is 14.6 Å². The van der Waals surface area contributed by atoms with Crippen LogP contribution in [0.4, 0.5) is 5.69 Å². The highest BCUT2D eigenvalue weighted by Gasteiger charge is 2.08. The quantitative estimate of drug-likeness (QED) is 0.592. The van der Waals surface area contributed by atoms with E-state index in [1.807, 2.05) is 26.0 Å². The van der Waals surface area contributed by atoms with Crippen molar-refractivity contribution in [3.05, 3.63) is 46.8 Å². The SMILES string of the molecule is COC(=O)c1ccc(CNc2cc(C)c(O)cc2C)[nH]1. The average molecular weight is 274 g/mol. The molecule has 0 saturated heterocycles. The van der Waals surface area contributed by atoms with Gasteiger partial charge in [0.2, 0.25) is 0 Å². The number of hydrogen-bond acceptors (Lipinski definition) is 4. The molecule has 1 aromatic heterocycles. The van der Waals surface area contributed by atoms with Gasteiger partial charge in [-0.1, -0.05) is 0 Å². The number of aryl methyl sites for hydroxylation is 2. The van der Waals surface area contributed by atoms with Crippen LogP contribution in [0.5, 0.6) is 5.75 Å². The molecule has 0 aliphatic heterocycles. The molecule has 0 radical (unpaired) electrons. The molecule has 2 rings (SSSR count). The number of phenols is 1. The van der Waals surface area contributed by atoms with Crippen LogP contribution in [0.1, 0.15) is 27.3 Å². The van der Waals surface area contributed by atoms with Crippen LogP contribution in [0, 0.1) is 13.8 Å². The second kappa shape index (κ2) is 5.69. The number of ether oxygens (including phenoxy) is 1. The molecule has 106 valence electrons. The number of carbonyl (C=O) groups excluding carboxylic acids is 1. The molecule has 5 heteroatoms. The maximum absolute atomic E-state index is 11.3. The van der Waals surface area contributed by atoms with Crippen LogP contribution < -0.4 is 5.32 Å². The molecule has 0 bridgehead atoms.